The van der Waals surface area contributed by atoms with E-state index in [0.29, 0.717) is 23.9 Å². The summed E-state index contributed by atoms with van der Waals surface area (Å²) in [5.74, 6) is -2.26. The van der Waals surface area contributed by atoms with E-state index in [4.69, 9.17) is 18.9 Å². The van der Waals surface area contributed by atoms with E-state index < -0.39 is 24.3 Å². The number of unbranched alkanes of at least 4 members (excludes halogenated alkanes) is 52. The Morgan fingerprint density at radius 3 is 0.929 bits per heavy atom. The summed E-state index contributed by atoms with van der Waals surface area (Å²) in [5, 5.41) is 11.8. The maximum Gasteiger partial charge on any atom is 0.306 e. The number of likely N-dealkylation sites (N-methyl/N-ethyl adjacent to an activating group) is 1. The molecular formula is C76H145NO8. The number of hydrogen-bond acceptors (Lipinski definition) is 8. The maximum atomic E-state index is 12.9. The Morgan fingerprint density at radius 1 is 0.353 bits per heavy atom. The molecule has 0 spiro atoms. The molecule has 2 atom stereocenters. The van der Waals surface area contributed by atoms with Crippen LogP contribution in [-0.2, 0) is 33.3 Å². The van der Waals surface area contributed by atoms with E-state index >= 15 is 0 Å². The van der Waals surface area contributed by atoms with Crippen molar-refractivity contribution < 1.29 is 42.9 Å². The number of nitrogens with zero attached hydrogens (tertiary/aromatic N) is 1. The van der Waals surface area contributed by atoms with Crippen molar-refractivity contribution in [3.05, 3.63) is 24.3 Å². The largest absolute Gasteiger partial charge is 0.545 e. The van der Waals surface area contributed by atoms with Gasteiger partial charge in [-0.3, -0.25) is 9.59 Å². The first-order valence-corrected chi connectivity index (χ1v) is 37.5. The molecule has 0 bridgehead atoms. The molecule has 0 saturated heterocycles. The summed E-state index contributed by atoms with van der Waals surface area (Å²) in [5.41, 5.74) is 0. The fourth-order valence-corrected chi connectivity index (χ4v) is 11.5. The monoisotopic (exact) mass is 1200 g/mol. The molecule has 9 heteroatoms. The second-order valence-corrected chi connectivity index (χ2v) is 27.0. The van der Waals surface area contributed by atoms with Crippen LogP contribution < -0.4 is 5.11 Å². The molecular weight excluding hydrogens is 1050 g/mol. The highest BCUT2D eigenvalue weighted by Gasteiger charge is 2.22. The van der Waals surface area contributed by atoms with Crippen molar-refractivity contribution in [1.82, 2.24) is 0 Å². The Kier molecular flexibility index (Phi) is 65.9. The zero-order chi connectivity index (χ0) is 61.9. The third-order valence-corrected chi connectivity index (χ3v) is 17.2. The number of carboxylic acid groups (broad SMARTS) is 1. The van der Waals surface area contributed by atoms with Crippen molar-refractivity contribution in [3.8, 4) is 0 Å². The minimum atomic E-state index is -1.62. The van der Waals surface area contributed by atoms with Crippen LogP contribution in [0.15, 0.2) is 24.3 Å². The van der Waals surface area contributed by atoms with Crippen LogP contribution in [0.3, 0.4) is 0 Å². The Labute approximate surface area is 528 Å². The number of rotatable bonds is 71. The van der Waals surface area contributed by atoms with Gasteiger partial charge in [0.2, 0.25) is 0 Å². The number of quaternary nitrogens is 1. The average Bonchev–Trinajstić information content (AvgIpc) is 3.48. The maximum absolute atomic E-state index is 12.9. The molecule has 0 amide bonds. The van der Waals surface area contributed by atoms with E-state index in [9.17, 15) is 19.5 Å². The van der Waals surface area contributed by atoms with Gasteiger partial charge < -0.3 is 33.3 Å². The molecule has 2 unspecified atom stereocenters. The minimum absolute atomic E-state index is 0.149. The van der Waals surface area contributed by atoms with E-state index in [2.05, 4.69) is 38.2 Å². The molecule has 85 heavy (non-hydrogen) atoms. The SMILES string of the molecule is CCCCCCC/C=C\C/C=C\CCCCCCCCCCCC(=O)OC(COC(=O)CCCCCCCCCCCCCCCCCCCCCCCCCCCCCCCCCCCCCCCCC)COC(OCC[N+](C)(C)C)C(=O)[O-]. The van der Waals surface area contributed by atoms with Gasteiger partial charge in [0.05, 0.1) is 40.3 Å². The van der Waals surface area contributed by atoms with Gasteiger partial charge in [-0.05, 0) is 44.9 Å². The zero-order valence-corrected chi connectivity index (χ0v) is 57.5. The van der Waals surface area contributed by atoms with E-state index in [-0.39, 0.29) is 32.2 Å². The van der Waals surface area contributed by atoms with Gasteiger partial charge in [0, 0.05) is 12.8 Å². The van der Waals surface area contributed by atoms with Crippen LogP contribution in [0.2, 0.25) is 0 Å². The van der Waals surface area contributed by atoms with Gasteiger partial charge in [-0.15, -0.1) is 0 Å². The van der Waals surface area contributed by atoms with Crippen LogP contribution >= 0.6 is 0 Å². The van der Waals surface area contributed by atoms with E-state index in [1.807, 2.05) is 21.1 Å². The van der Waals surface area contributed by atoms with E-state index in [1.54, 1.807) is 0 Å². The summed E-state index contributed by atoms with van der Waals surface area (Å²) in [6, 6.07) is 0. The van der Waals surface area contributed by atoms with E-state index in [0.717, 1.165) is 51.4 Å². The summed E-state index contributed by atoms with van der Waals surface area (Å²) in [6.07, 6.45) is 81.6. The molecule has 0 radical (unpaired) electrons. The van der Waals surface area contributed by atoms with Gasteiger partial charge in [-0.2, -0.15) is 0 Å². The van der Waals surface area contributed by atoms with Crippen molar-refractivity contribution >= 4 is 17.9 Å². The third-order valence-electron chi connectivity index (χ3n) is 17.2. The number of aliphatic carboxylic acids is 1. The molecule has 0 rings (SSSR count). The average molecular weight is 1200 g/mol. The molecule has 0 aliphatic carbocycles. The quantitative estimate of drug-likeness (QED) is 0.0195. The highest BCUT2D eigenvalue weighted by Crippen LogP contribution is 2.20. The van der Waals surface area contributed by atoms with Crippen molar-refractivity contribution in [2.75, 3.05) is 47.5 Å². The fraction of sp³-hybridized carbons (Fsp3) is 0.908. The van der Waals surface area contributed by atoms with Crippen LogP contribution in [-0.4, -0.2) is 82.3 Å². The van der Waals surface area contributed by atoms with Gasteiger partial charge in [0.15, 0.2) is 12.4 Å². The molecule has 9 nitrogen and oxygen atoms in total. The van der Waals surface area contributed by atoms with Crippen LogP contribution in [0, 0.1) is 0 Å². The lowest BCUT2D eigenvalue weighted by Gasteiger charge is -2.26. The molecule has 0 aromatic carbocycles. The molecule has 0 aliphatic heterocycles. The smallest absolute Gasteiger partial charge is 0.306 e. The van der Waals surface area contributed by atoms with Gasteiger partial charge >= 0.3 is 11.9 Å². The predicted octanol–water partition coefficient (Wildman–Crippen LogP) is 22.0. The fourth-order valence-electron chi connectivity index (χ4n) is 11.5. The van der Waals surface area contributed by atoms with Gasteiger partial charge in [-0.25, -0.2) is 0 Å². The first kappa shape index (κ1) is 82.8. The second kappa shape index (κ2) is 67.7. The number of allylic oxidation sites excluding steroid dienone is 4. The lowest BCUT2D eigenvalue weighted by Crippen LogP contribution is -2.44. The number of carbonyl (C=O) groups is 3. The normalized spacial score (nSPS) is 12.7. The highest BCUT2D eigenvalue weighted by molar-refractivity contribution is 5.70. The Balaban J connectivity index is 3.93. The van der Waals surface area contributed by atoms with Crippen LogP contribution in [0.5, 0.6) is 0 Å². The lowest BCUT2D eigenvalue weighted by atomic mass is 10.0. The molecule has 0 aromatic heterocycles. The Hall–Kier alpha value is -2.23. The summed E-state index contributed by atoms with van der Waals surface area (Å²) in [7, 11) is 5.94. The van der Waals surface area contributed by atoms with Gasteiger partial charge in [0.1, 0.15) is 13.2 Å². The van der Waals surface area contributed by atoms with Gasteiger partial charge in [-0.1, -0.05) is 353 Å². The van der Waals surface area contributed by atoms with Crippen LogP contribution in [0.1, 0.15) is 386 Å². The molecule has 0 fully saturated rings. The number of hydrogen-bond donors (Lipinski definition) is 0. The molecule has 0 N–H and O–H groups in total. The molecule has 0 saturated carbocycles. The third kappa shape index (κ3) is 69.1. The molecule has 0 aromatic rings. The van der Waals surface area contributed by atoms with Crippen molar-refractivity contribution in [2.45, 2.75) is 399 Å². The number of carbonyl (C=O) groups excluding carboxylic acids is 3. The number of esters is 2. The van der Waals surface area contributed by atoms with Crippen LogP contribution in [0.4, 0.5) is 0 Å². The topological polar surface area (TPSA) is 111 Å². The van der Waals surface area contributed by atoms with Crippen molar-refractivity contribution in [2.24, 2.45) is 0 Å². The molecule has 0 heterocycles. The first-order valence-electron chi connectivity index (χ1n) is 37.5. The Morgan fingerprint density at radius 2 is 0.635 bits per heavy atom. The summed E-state index contributed by atoms with van der Waals surface area (Å²) in [4.78, 5) is 37.5. The number of carboxylic acids is 1. The predicted molar refractivity (Wildman–Crippen MR) is 362 cm³/mol. The van der Waals surface area contributed by atoms with E-state index in [1.165, 1.54) is 302 Å². The molecule has 0 aliphatic rings. The lowest BCUT2D eigenvalue weighted by molar-refractivity contribution is -0.870. The summed E-state index contributed by atoms with van der Waals surface area (Å²) in [6.45, 7) is 4.80. The first-order chi connectivity index (χ1) is 41.6. The van der Waals surface area contributed by atoms with Crippen molar-refractivity contribution in [3.63, 3.8) is 0 Å². The van der Waals surface area contributed by atoms with Crippen LogP contribution in [0.25, 0.3) is 0 Å². The van der Waals surface area contributed by atoms with Gasteiger partial charge in [0.25, 0.3) is 0 Å². The second-order valence-electron chi connectivity index (χ2n) is 27.0. The zero-order valence-electron chi connectivity index (χ0n) is 57.5. The summed E-state index contributed by atoms with van der Waals surface area (Å²) < 4.78 is 22.8. The Bertz CT molecular complexity index is 1440. The molecule has 502 valence electrons. The highest BCUT2D eigenvalue weighted by atomic mass is 16.7. The number of ether oxygens (including phenoxy) is 4. The summed E-state index contributed by atoms with van der Waals surface area (Å²) >= 11 is 0. The standard InChI is InChI=1S/C76H145NO8/c1-6-8-10-12-14-16-18-20-22-24-26-28-29-30-31-32-33-34-35-36-37-38-39-40-41-42-43-44-45-47-48-50-52-54-56-58-60-62-64-66-73(78)83-70-72(71-84-76(75(80)81)82-69-68-77(3,4)5)85-74(79)67-65-63-61-59-57-55-53-51-49-46-27-25-23-21-19-17-15-13-11-9-7-2/h19,21,25,27,72,76H,6-18,20,22-24,26,28-71H2,1-5H3/b21-19-,27-25-. The van der Waals surface area contributed by atoms with Crippen molar-refractivity contribution in [1.29, 1.82) is 0 Å². The minimum Gasteiger partial charge on any atom is -0.545 e.